The summed E-state index contributed by atoms with van der Waals surface area (Å²) in [4.78, 5) is 19.0. The lowest BCUT2D eigenvalue weighted by atomic mass is 10.1. The van der Waals surface area contributed by atoms with Crippen molar-refractivity contribution in [3.63, 3.8) is 0 Å². The number of hydrogen-bond acceptors (Lipinski definition) is 5. The van der Waals surface area contributed by atoms with Crippen molar-refractivity contribution in [1.82, 2.24) is 24.5 Å². The average molecular weight is 429 g/mol. The van der Waals surface area contributed by atoms with E-state index in [4.69, 9.17) is 0 Å². The molecule has 1 amide bonds. The molecule has 0 saturated carbocycles. The molecular weight excluding hydrogens is 408 g/mol. The third-order valence-electron chi connectivity index (χ3n) is 5.05. The van der Waals surface area contributed by atoms with E-state index in [-0.39, 0.29) is 5.91 Å². The average Bonchev–Trinajstić information content (AvgIpc) is 3.50. The number of aromatic nitrogens is 5. The first-order chi connectivity index (χ1) is 15.1. The Morgan fingerprint density at radius 1 is 1.10 bits per heavy atom. The summed E-state index contributed by atoms with van der Waals surface area (Å²) >= 11 is 1.67. The summed E-state index contributed by atoms with van der Waals surface area (Å²) in [6.07, 6.45) is 3.47. The van der Waals surface area contributed by atoms with E-state index in [1.165, 1.54) is 4.88 Å². The fourth-order valence-electron chi connectivity index (χ4n) is 3.58. The molecule has 154 valence electrons. The number of benzene rings is 1. The molecule has 4 heterocycles. The van der Waals surface area contributed by atoms with Gasteiger partial charge in [0.2, 0.25) is 0 Å². The minimum Gasteiger partial charge on any atom is -0.322 e. The van der Waals surface area contributed by atoms with Crippen LogP contribution in [0.15, 0.2) is 66.3 Å². The van der Waals surface area contributed by atoms with E-state index in [1.54, 1.807) is 29.8 Å². The number of hydrogen-bond donors (Lipinski definition) is 1. The predicted octanol–water partition coefficient (Wildman–Crippen LogP) is 4.60. The Hall–Kier alpha value is -3.78. The second-order valence-electron chi connectivity index (χ2n) is 7.32. The minimum atomic E-state index is -0.194. The molecule has 5 rings (SSSR count). The maximum Gasteiger partial charge on any atom is 0.256 e. The van der Waals surface area contributed by atoms with E-state index in [0.29, 0.717) is 23.4 Å². The van der Waals surface area contributed by atoms with Gasteiger partial charge < -0.3 is 5.32 Å². The smallest absolute Gasteiger partial charge is 0.256 e. The number of carbonyl (C=O) groups excluding carboxylic acids is 1. The van der Waals surface area contributed by atoms with Crippen molar-refractivity contribution in [2.24, 2.45) is 0 Å². The Bertz CT molecular complexity index is 1380. The SMILES string of the molecule is Cc1cc(C(=O)Nc2cccc(-n3nccc3C)c2)c2cnn(Cc3cccs3)c2n1. The molecule has 0 atom stereocenters. The standard InChI is InChI=1S/C23H20N6OS/c1-15-11-20(21-13-25-28(22(21)26-15)14-19-7-4-10-31-19)23(30)27-17-5-3-6-18(12-17)29-16(2)8-9-24-29/h3-13H,14H2,1-2H3,(H,27,30). The van der Waals surface area contributed by atoms with E-state index in [0.717, 1.165) is 22.5 Å². The predicted molar refractivity (Wildman–Crippen MR) is 122 cm³/mol. The fourth-order valence-corrected chi connectivity index (χ4v) is 4.27. The lowest BCUT2D eigenvalue weighted by molar-refractivity contribution is 0.102. The van der Waals surface area contributed by atoms with Crippen LogP contribution in [0.1, 0.15) is 26.6 Å². The molecule has 0 aliphatic rings. The van der Waals surface area contributed by atoms with Gasteiger partial charge in [0.05, 0.1) is 29.4 Å². The molecule has 0 unspecified atom stereocenters. The van der Waals surface area contributed by atoms with Gasteiger partial charge in [0.15, 0.2) is 5.65 Å². The molecular formula is C23H20N6OS. The molecule has 0 spiro atoms. The van der Waals surface area contributed by atoms with Gasteiger partial charge in [0, 0.05) is 28.1 Å². The topological polar surface area (TPSA) is 77.6 Å². The van der Waals surface area contributed by atoms with Crippen LogP contribution in [-0.4, -0.2) is 30.5 Å². The highest BCUT2D eigenvalue weighted by Gasteiger charge is 2.17. The van der Waals surface area contributed by atoms with Gasteiger partial charge in [-0.05, 0) is 55.6 Å². The molecule has 1 N–H and O–H groups in total. The number of aryl methyl sites for hydroxylation is 2. The third-order valence-corrected chi connectivity index (χ3v) is 5.91. The molecule has 1 aromatic carbocycles. The molecule has 0 fully saturated rings. The highest BCUT2D eigenvalue weighted by Crippen LogP contribution is 2.22. The number of nitrogens with zero attached hydrogens (tertiary/aromatic N) is 5. The maximum atomic E-state index is 13.2. The van der Waals surface area contributed by atoms with Crippen molar-refractivity contribution in [3.8, 4) is 5.69 Å². The number of carbonyl (C=O) groups is 1. The van der Waals surface area contributed by atoms with Gasteiger partial charge in [-0.15, -0.1) is 11.3 Å². The van der Waals surface area contributed by atoms with E-state index in [9.17, 15) is 4.79 Å². The molecule has 8 heteroatoms. The molecule has 0 saturated heterocycles. The van der Waals surface area contributed by atoms with Crippen LogP contribution in [0.5, 0.6) is 0 Å². The van der Waals surface area contributed by atoms with Crippen molar-refractivity contribution in [2.45, 2.75) is 20.4 Å². The quantitative estimate of drug-likeness (QED) is 0.444. The number of rotatable bonds is 5. The van der Waals surface area contributed by atoms with Crippen LogP contribution in [0.3, 0.4) is 0 Å². The zero-order valence-corrected chi connectivity index (χ0v) is 17.9. The normalized spacial score (nSPS) is 11.2. The van der Waals surface area contributed by atoms with Gasteiger partial charge in [-0.2, -0.15) is 10.2 Å². The van der Waals surface area contributed by atoms with E-state index < -0.39 is 0 Å². The van der Waals surface area contributed by atoms with Crippen molar-refractivity contribution >= 4 is 34.0 Å². The number of thiophene rings is 1. The molecule has 31 heavy (non-hydrogen) atoms. The fraction of sp³-hybridized carbons (Fsp3) is 0.130. The summed E-state index contributed by atoms with van der Waals surface area (Å²) in [6, 6.07) is 15.5. The first-order valence-corrected chi connectivity index (χ1v) is 10.7. The number of nitrogens with one attached hydrogen (secondary N) is 1. The molecule has 0 bridgehead atoms. The van der Waals surface area contributed by atoms with Crippen LogP contribution < -0.4 is 5.32 Å². The molecule has 0 aliphatic carbocycles. The molecule has 4 aromatic heterocycles. The van der Waals surface area contributed by atoms with Crippen molar-refractivity contribution in [1.29, 1.82) is 0 Å². The Morgan fingerprint density at radius 3 is 2.77 bits per heavy atom. The van der Waals surface area contributed by atoms with Crippen LogP contribution in [-0.2, 0) is 6.54 Å². The lowest BCUT2D eigenvalue weighted by Crippen LogP contribution is -2.13. The molecule has 0 radical (unpaired) electrons. The summed E-state index contributed by atoms with van der Waals surface area (Å²) in [7, 11) is 0. The Kier molecular flexibility index (Phi) is 4.83. The summed E-state index contributed by atoms with van der Waals surface area (Å²) in [5, 5.41) is 14.6. The van der Waals surface area contributed by atoms with Gasteiger partial charge in [-0.3, -0.25) is 4.79 Å². The summed E-state index contributed by atoms with van der Waals surface area (Å²) < 4.78 is 3.67. The van der Waals surface area contributed by atoms with Crippen LogP contribution >= 0.6 is 11.3 Å². The Morgan fingerprint density at radius 2 is 2.00 bits per heavy atom. The Labute approximate surface area is 183 Å². The first kappa shape index (κ1) is 19.2. The van der Waals surface area contributed by atoms with Gasteiger partial charge in [-0.1, -0.05) is 12.1 Å². The highest BCUT2D eigenvalue weighted by atomic mass is 32.1. The lowest BCUT2D eigenvalue weighted by Gasteiger charge is -2.10. The van der Waals surface area contributed by atoms with Crippen molar-refractivity contribution in [2.75, 3.05) is 5.32 Å². The second kappa shape index (κ2) is 7.81. The van der Waals surface area contributed by atoms with E-state index in [2.05, 4.69) is 26.6 Å². The largest absolute Gasteiger partial charge is 0.322 e. The summed E-state index contributed by atoms with van der Waals surface area (Å²) in [5.41, 5.74) is 4.64. The second-order valence-corrected chi connectivity index (χ2v) is 8.35. The zero-order chi connectivity index (χ0) is 21.4. The number of anilines is 1. The Balaban J connectivity index is 1.46. The van der Waals surface area contributed by atoms with Gasteiger partial charge >= 0.3 is 0 Å². The molecule has 7 nitrogen and oxygen atoms in total. The van der Waals surface area contributed by atoms with Crippen LogP contribution in [0.25, 0.3) is 16.7 Å². The van der Waals surface area contributed by atoms with Gasteiger partial charge in [0.1, 0.15) is 0 Å². The molecule has 0 aliphatic heterocycles. The minimum absolute atomic E-state index is 0.194. The van der Waals surface area contributed by atoms with Crippen LogP contribution in [0.4, 0.5) is 5.69 Å². The van der Waals surface area contributed by atoms with Gasteiger partial charge in [0.25, 0.3) is 5.91 Å². The number of pyridine rings is 1. The zero-order valence-electron chi connectivity index (χ0n) is 17.1. The van der Waals surface area contributed by atoms with E-state index in [1.807, 2.05) is 65.0 Å². The molecule has 5 aromatic rings. The highest BCUT2D eigenvalue weighted by molar-refractivity contribution is 7.09. The van der Waals surface area contributed by atoms with Crippen LogP contribution in [0.2, 0.25) is 0 Å². The summed E-state index contributed by atoms with van der Waals surface area (Å²) in [5.74, 6) is -0.194. The first-order valence-electron chi connectivity index (χ1n) is 9.86. The van der Waals surface area contributed by atoms with Crippen molar-refractivity contribution in [3.05, 3.63) is 88.1 Å². The maximum absolute atomic E-state index is 13.2. The monoisotopic (exact) mass is 428 g/mol. The van der Waals surface area contributed by atoms with Crippen molar-refractivity contribution < 1.29 is 4.79 Å². The van der Waals surface area contributed by atoms with Gasteiger partial charge in [-0.25, -0.2) is 14.3 Å². The summed E-state index contributed by atoms with van der Waals surface area (Å²) in [6.45, 7) is 4.51. The third kappa shape index (κ3) is 3.73. The number of amides is 1. The van der Waals surface area contributed by atoms with E-state index >= 15 is 0 Å². The number of fused-ring (bicyclic) bond motifs is 1. The van der Waals surface area contributed by atoms with Crippen LogP contribution in [0, 0.1) is 13.8 Å².